The lowest BCUT2D eigenvalue weighted by Crippen LogP contribution is -2.13. The Balaban J connectivity index is 1.76. The summed E-state index contributed by atoms with van der Waals surface area (Å²) in [5, 5.41) is 6.61. The minimum Gasteiger partial charge on any atom is -0.497 e. The van der Waals surface area contributed by atoms with Crippen LogP contribution in [0.25, 0.3) is 0 Å². The molecular weight excluding hydrogens is 373 g/mol. The van der Waals surface area contributed by atoms with Crippen molar-refractivity contribution in [3.05, 3.63) is 76.4 Å². The molecule has 5 nitrogen and oxygen atoms in total. The summed E-state index contributed by atoms with van der Waals surface area (Å²) in [6, 6.07) is 15.7. The molecule has 3 aromatic rings. The first kappa shape index (κ1) is 18.0. The van der Waals surface area contributed by atoms with Crippen molar-refractivity contribution in [1.82, 2.24) is 4.98 Å². The van der Waals surface area contributed by atoms with Crippen molar-refractivity contribution in [2.24, 2.45) is 0 Å². The molecule has 3 rings (SSSR count). The normalized spacial score (nSPS) is 10.3. The predicted molar refractivity (Wildman–Crippen MR) is 105 cm³/mol. The van der Waals surface area contributed by atoms with E-state index in [0.29, 0.717) is 27.1 Å². The van der Waals surface area contributed by atoms with Crippen molar-refractivity contribution in [2.45, 2.75) is 0 Å². The van der Waals surface area contributed by atoms with Crippen LogP contribution in [0.4, 0.5) is 17.2 Å². The van der Waals surface area contributed by atoms with Gasteiger partial charge in [-0.3, -0.25) is 4.79 Å². The van der Waals surface area contributed by atoms with Gasteiger partial charge in [0.05, 0.1) is 22.8 Å². The Hall–Kier alpha value is -2.76. The molecule has 1 aromatic heterocycles. The Kier molecular flexibility index (Phi) is 5.61. The number of benzene rings is 2. The fourth-order valence-electron chi connectivity index (χ4n) is 2.27. The molecule has 0 atom stereocenters. The van der Waals surface area contributed by atoms with Crippen molar-refractivity contribution >= 4 is 46.3 Å². The number of para-hydroxylation sites is 1. The third-order valence-electron chi connectivity index (χ3n) is 3.59. The van der Waals surface area contributed by atoms with Gasteiger partial charge in [0, 0.05) is 17.4 Å². The van der Waals surface area contributed by atoms with Crippen LogP contribution in [-0.2, 0) is 0 Å². The smallest absolute Gasteiger partial charge is 0.255 e. The number of pyridine rings is 1. The van der Waals surface area contributed by atoms with E-state index in [0.717, 1.165) is 11.4 Å². The van der Waals surface area contributed by atoms with E-state index in [1.54, 1.807) is 43.6 Å². The standard InChI is InChI=1S/C19H15Cl2N3O2/c1-26-14-7-5-13(6-8-14)23-17-11-12(9-10-22-17)19(25)24-18-15(20)3-2-4-16(18)21/h2-11H,1H3,(H,22,23)(H,24,25). The molecule has 0 aliphatic rings. The van der Waals surface area contributed by atoms with Gasteiger partial charge in [0.15, 0.2) is 0 Å². The summed E-state index contributed by atoms with van der Waals surface area (Å²) in [4.78, 5) is 16.7. The summed E-state index contributed by atoms with van der Waals surface area (Å²) in [6.45, 7) is 0. The summed E-state index contributed by atoms with van der Waals surface area (Å²) in [5.41, 5.74) is 1.62. The van der Waals surface area contributed by atoms with Gasteiger partial charge in [-0.2, -0.15) is 0 Å². The maximum absolute atomic E-state index is 12.5. The molecule has 2 N–H and O–H groups in total. The summed E-state index contributed by atoms with van der Waals surface area (Å²) in [5.74, 6) is 0.960. The number of aromatic nitrogens is 1. The van der Waals surface area contributed by atoms with Gasteiger partial charge < -0.3 is 15.4 Å². The van der Waals surface area contributed by atoms with Crippen LogP contribution in [-0.4, -0.2) is 18.0 Å². The van der Waals surface area contributed by atoms with Crippen LogP contribution in [0.3, 0.4) is 0 Å². The largest absolute Gasteiger partial charge is 0.497 e. The molecule has 0 spiro atoms. The summed E-state index contributed by atoms with van der Waals surface area (Å²) < 4.78 is 5.13. The average molecular weight is 388 g/mol. The first-order chi connectivity index (χ1) is 12.6. The minimum absolute atomic E-state index is 0.333. The lowest BCUT2D eigenvalue weighted by Gasteiger charge is -2.10. The van der Waals surface area contributed by atoms with Gasteiger partial charge in [0.1, 0.15) is 11.6 Å². The molecule has 0 bridgehead atoms. The van der Waals surface area contributed by atoms with E-state index in [-0.39, 0.29) is 5.91 Å². The van der Waals surface area contributed by atoms with E-state index >= 15 is 0 Å². The number of ether oxygens (including phenoxy) is 1. The molecule has 132 valence electrons. The van der Waals surface area contributed by atoms with E-state index in [1.807, 2.05) is 24.3 Å². The number of anilines is 3. The molecule has 1 amide bonds. The van der Waals surface area contributed by atoms with Gasteiger partial charge in [-0.15, -0.1) is 0 Å². The second-order valence-corrected chi connectivity index (χ2v) is 6.15. The van der Waals surface area contributed by atoms with Crippen molar-refractivity contribution in [3.63, 3.8) is 0 Å². The fourth-order valence-corrected chi connectivity index (χ4v) is 2.76. The molecule has 0 saturated carbocycles. The second-order valence-electron chi connectivity index (χ2n) is 5.33. The van der Waals surface area contributed by atoms with E-state index < -0.39 is 0 Å². The Morgan fingerprint density at radius 1 is 1.04 bits per heavy atom. The Labute approximate surface area is 160 Å². The zero-order valence-electron chi connectivity index (χ0n) is 13.8. The topological polar surface area (TPSA) is 63.2 Å². The number of nitrogens with zero attached hydrogens (tertiary/aromatic N) is 1. The highest BCUT2D eigenvalue weighted by atomic mass is 35.5. The van der Waals surface area contributed by atoms with Crippen LogP contribution in [0.15, 0.2) is 60.8 Å². The highest BCUT2D eigenvalue weighted by molar-refractivity contribution is 6.40. The zero-order valence-corrected chi connectivity index (χ0v) is 15.3. The third-order valence-corrected chi connectivity index (χ3v) is 4.22. The van der Waals surface area contributed by atoms with Crippen molar-refractivity contribution in [2.75, 3.05) is 17.7 Å². The highest BCUT2D eigenvalue weighted by Gasteiger charge is 2.12. The summed E-state index contributed by atoms with van der Waals surface area (Å²) >= 11 is 12.2. The van der Waals surface area contributed by atoms with Crippen LogP contribution >= 0.6 is 23.2 Å². The number of halogens is 2. The van der Waals surface area contributed by atoms with Crippen LogP contribution in [0.2, 0.25) is 10.0 Å². The van der Waals surface area contributed by atoms with Crippen molar-refractivity contribution < 1.29 is 9.53 Å². The van der Waals surface area contributed by atoms with Gasteiger partial charge >= 0.3 is 0 Å². The van der Waals surface area contributed by atoms with E-state index in [2.05, 4.69) is 15.6 Å². The molecule has 0 radical (unpaired) electrons. The minimum atomic E-state index is -0.333. The number of hydrogen-bond acceptors (Lipinski definition) is 4. The number of rotatable bonds is 5. The van der Waals surface area contributed by atoms with Crippen LogP contribution in [0, 0.1) is 0 Å². The maximum atomic E-state index is 12.5. The van der Waals surface area contributed by atoms with Gasteiger partial charge in [-0.1, -0.05) is 29.3 Å². The quantitative estimate of drug-likeness (QED) is 0.615. The molecule has 0 unspecified atom stereocenters. The molecule has 26 heavy (non-hydrogen) atoms. The monoisotopic (exact) mass is 387 g/mol. The lowest BCUT2D eigenvalue weighted by atomic mass is 10.2. The van der Waals surface area contributed by atoms with E-state index in [1.165, 1.54) is 0 Å². The summed E-state index contributed by atoms with van der Waals surface area (Å²) in [7, 11) is 1.61. The summed E-state index contributed by atoms with van der Waals surface area (Å²) in [6.07, 6.45) is 1.55. The van der Waals surface area contributed by atoms with Gasteiger partial charge in [0.2, 0.25) is 0 Å². The van der Waals surface area contributed by atoms with Gasteiger partial charge in [0.25, 0.3) is 5.91 Å². The Bertz CT molecular complexity index is 910. The average Bonchev–Trinajstić information content (AvgIpc) is 2.65. The zero-order chi connectivity index (χ0) is 18.5. The molecule has 1 heterocycles. The Morgan fingerprint density at radius 3 is 2.38 bits per heavy atom. The number of carbonyl (C=O) groups excluding carboxylic acids is 1. The molecule has 0 fully saturated rings. The number of carbonyl (C=O) groups is 1. The van der Waals surface area contributed by atoms with Gasteiger partial charge in [-0.05, 0) is 48.5 Å². The molecule has 0 saturated heterocycles. The SMILES string of the molecule is COc1ccc(Nc2cc(C(=O)Nc3c(Cl)cccc3Cl)ccn2)cc1. The van der Waals surface area contributed by atoms with Crippen LogP contribution in [0.5, 0.6) is 5.75 Å². The Morgan fingerprint density at radius 2 is 1.73 bits per heavy atom. The third kappa shape index (κ3) is 4.25. The first-order valence-corrected chi connectivity index (χ1v) is 8.45. The molecule has 7 heteroatoms. The number of nitrogens with one attached hydrogen (secondary N) is 2. The first-order valence-electron chi connectivity index (χ1n) is 7.69. The van der Waals surface area contributed by atoms with Crippen LogP contribution < -0.4 is 15.4 Å². The molecule has 0 aliphatic carbocycles. The second kappa shape index (κ2) is 8.08. The number of hydrogen-bond donors (Lipinski definition) is 2. The van der Waals surface area contributed by atoms with E-state index in [9.17, 15) is 4.79 Å². The van der Waals surface area contributed by atoms with Crippen molar-refractivity contribution in [1.29, 1.82) is 0 Å². The van der Waals surface area contributed by atoms with Crippen LogP contribution in [0.1, 0.15) is 10.4 Å². The highest BCUT2D eigenvalue weighted by Crippen LogP contribution is 2.30. The fraction of sp³-hybridized carbons (Fsp3) is 0.0526. The number of amides is 1. The van der Waals surface area contributed by atoms with Crippen molar-refractivity contribution in [3.8, 4) is 5.75 Å². The maximum Gasteiger partial charge on any atom is 0.255 e. The molecule has 0 aliphatic heterocycles. The lowest BCUT2D eigenvalue weighted by molar-refractivity contribution is 0.102. The molecular formula is C19H15Cl2N3O2. The molecule has 2 aromatic carbocycles. The van der Waals surface area contributed by atoms with E-state index in [4.69, 9.17) is 27.9 Å². The predicted octanol–water partition coefficient (Wildman–Crippen LogP) is 5.39. The number of methoxy groups -OCH3 is 1. The van der Waals surface area contributed by atoms with Gasteiger partial charge in [-0.25, -0.2) is 4.98 Å².